The zero-order valence-electron chi connectivity index (χ0n) is 9.96. The van der Waals surface area contributed by atoms with E-state index in [2.05, 4.69) is 4.98 Å². The van der Waals surface area contributed by atoms with Crippen LogP contribution in [0, 0.1) is 0 Å². The minimum atomic E-state index is -0.942. The Morgan fingerprint density at radius 2 is 1.53 bits per heavy atom. The van der Waals surface area contributed by atoms with Gasteiger partial charge in [-0.05, 0) is 12.1 Å². The van der Waals surface area contributed by atoms with Crippen molar-refractivity contribution in [3.63, 3.8) is 0 Å². The number of methoxy groups -OCH3 is 2. The quantitative estimate of drug-likeness (QED) is 0.755. The number of hydrogen-bond donors (Lipinski definition) is 0. The number of aromatic nitrogens is 1. The van der Waals surface area contributed by atoms with Crippen LogP contribution < -0.4 is 0 Å². The number of benzene rings is 1. The maximum atomic E-state index is 5.57. The lowest BCUT2D eigenvalue weighted by molar-refractivity contribution is -0.186. The van der Waals surface area contributed by atoms with Gasteiger partial charge in [0.2, 0.25) is 5.79 Å². The normalized spacial score (nSPS) is 11.4. The molecule has 0 amide bonds. The highest BCUT2D eigenvalue weighted by Gasteiger charge is 2.35. The maximum absolute atomic E-state index is 5.57. The Hall–Kier alpha value is -1.71. The molecule has 17 heavy (non-hydrogen) atoms. The fourth-order valence-electron chi connectivity index (χ4n) is 1.89. The van der Waals surface area contributed by atoms with E-state index in [0.29, 0.717) is 0 Å². The summed E-state index contributed by atoms with van der Waals surface area (Å²) in [5.41, 5.74) is 1.65. The minimum absolute atomic E-state index is 0.733. The van der Waals surface area contributed by atoms with Crippen molar-refractivity contribution in [1.29, 1.82) is 0 Å². The van der Waals surface area contributed by atoms with E-state index < -0.39 is 5.79 Å². The molecule has 3 heteroatoms. The van der Waals surface area contributed by atoms with E-state index in [1.54, 1.807) is 20.4 Å². The lowest BCUT2D eigenvalue weighted by atomic mass is 10.0. The number of rotatable bonds is 4. The standard InChI is InChI=1S/C14H15NO2/c1-16-14(17-2,12-8-4-3-5-9-12)13-10-6-7-11-15-13/h3-11H,1-2H3. The van der Waals surface area contributed by atoms with E-state index in [-0.39, 0.29) is 0 Å². The van der Waals surface area contributed by atoms with E-state index in [0.717, 1.165) is 11.3 Å². The molecule has 88 valence electrons. The molecule has 0 aliphatic rings. The molecular formula is C14H15NO2. The molecular weight excluding hydrogens is 214 g/mol. The number of ether oxygens (including phenoxy) is 2. The van der Waals surface area contributed by atoms with E-state index in [1.807, 2.05) is 48.5 Å². The third-order valence-corrected chi connectivity index (χ3v) is 2.73. The first kappa shape index (κ1) is 11.8. The molecule has 0 saturated carbocycles. The molecule has 0 fully saturated rings. The predicted octanol–water partition coefficient (Wildman–Crippen LogP) is 2.58. The van der Waals surface area contributed by atoms with Crippen molar-refractivity contribution in [2.24, 2.45) is 0 Å². The molecule has 0 N–H and O–H groups in total. The number of pyridine rings is 1. The molecule has 2 aromatic rings. The first-order valence-electron chi connectivity index (χ1n) is 5.41. The second kappa shape index (κ2) is 5.08. The molecule has 0 aliphatic heterocycles. The van der Waals surface area contributed by atoms with Gasteiger partial charge in [-0.2, -0.15) is 0 Å². The van der Waals surface area contributed by atoms with Gasteiger partial charge in [-0.3, -0.25) is 4.98 Å². The molecule has 0 saturated heterocycles. The van der Waals surface area contributed by atoms with Crippen LogP contribution in [-0.2, 0) is 15.3 Å². The molecule has 0 aliphatic carbocycles. The zero-order valence-corrected chi connectivity index (χ0v) is 9.96. The van der Waals surface area contributed by atoms with Crippen LogP contribution in [0.5, 0.6) is 0 Å². The van der Waals surface area contributed by atoms with Crippen molar-refractivity contribution >= 4 is 0 Å². The lowest BCUT2D eigenvalue weighted by Crippen LogP contribution is -2.33. The zero-order chi connectivity index (χ0) is 12.1. The van der Waals surface area contributed by atoms with Gasteiger partial charge in [0.05, 0.1) is 0 Å². The Labute approximate surface area is 101 Å². The Morgan fingerprint density at radius 1 is 0.882 bits per heavy atom. The van der Waals surface area contributed by atoms with Gasteiger partial charge in [0.25, 0.3) is 0 Å². The van der Waals surface area contributed by atoms with Gasteiger partial charge in [0.15, 0.2) is 0 Å². The van der Waals surface area contributed by atoms with Gasteiger partial charge < -0.3 is 9.47 Å². The predicted molar refractivity (Wildman–Crippen MR) is 65.5 cm³/mol. The summed E-state index contributed by atoms with van der Waals surface area (Å²) < 4.78 is 11.1. The molecule has 1 aromatic carbocycles. The molecule has 1 aromatic heterocycles. The van der Waals surface area contributed by atoms with Crippen LogP contribution in [0.3, 0.4) is 0 Å². The monoisotopic (exact) mass is 229 g/mol. The van der Waals surface area contributed by atoms with Gasteiger partial charge in [-0.15, -0.1) is 0 Å². The van der Waals surface area contributed by atoms with Crippen molar-refractivity contribution in [1.82, 2.24) is 4.98 Å². The topological polar surface area (TPSA) is 31.4 Å². The molecule has 0 spiro atoms. The second-order valence-corrected chi connectivity index (χ2v) is 3.61. The molecule has 0 unspecified atom stereocenters. The van der Waals surface area contributed by atoms with Crippen LogP contribution in [0.25, 0.3) is 0 Å². The van der Waals surface area contributed by atoms with E-state index in [1.165, 1.54) is 0 Å². The highest BCUT2D eigenvalue weighted by Crippen LogP contribution is 2.32. The van der Waals surface area contributed by atoms with Gasteiger partial charge in [-0.25, -0.2) is 0 Å². The summed E-state index contributed by atoms with van der Waals surface area (Å²) in [5, 5.41) is 0. The molecule has 2 rings (SSSR count). The Balaban J connectivity index is 2.54. The fourth-order valence-corrected chi connectivity index (χ4v) is 1.89. The largest absolute Gasteiger partial charge is 0.344 e. The molecule has 0 atom stereocenters. The first-order chi connectivity index (χ1) is 8.33. The van der Waals surface area contributed by atoms with E-state index in [4.69, 9.17) is 9.47 Å². The summed E-state index contributed by atoms with van der Waals surface area (Å²) in [6.07, 6.45) is 1.73. The van der Waals surface area contributed by atoms with Crippen molar-refractivity contribution in [3.05, 3.63) is 66.0 Å². The summed E-state index contributed by atoms with van der Waals surface area (Å²) in [4.78, 5) is 4.32. The third-order valence-electron chi connectivity index (χ3n) is 2.73. The fraction of sp³-hybridized carbons (Fsp3) is 0.214. The van der Waals surface area contributed by atoms with E-state index in [9.17, 15) is 0 Å². The van der Waals surface area contributed by atoms with Gasteiger partial charge >= 0.3 is 0 Å². The summed E-state index contributed by atoms with van der Waals surface area (Å²) in [5.74, 6) is -0.942. The summed E-state index contributed by atoms with van der Waals surface area (Å²) in [7, 11) is 3.23. The average molecular weight is 229 g/mol. The number of nitrogens with zero attached hydrogens (tertiary/aromatic N) is 1. The van der Waals surface area contributed by atoms with Gasteiger partial charge in [-0.1, -0.05) is 36.4 Å². The summed E-state index contributed by atoms with van der Waals surface area (Å²) in [6, 6.07) is 15.4. The van der Waals surface area contributed by atoms with Crippen LogP contribution in [0.2, 0.25) is 0 Å². The lowest BCUT2D eigenvalue weighted by Gasteiger charge is -2.30. The second-order valence-electron chi connectivity index (χ2n) is 3.61. The molecule has 3 nitrogen and oxygen atoms in total. The van der Waals surface area contributed by atoms with Gasteiger partial charge in [0, 0.05) is 26.0 Å². The van der Waals surface area contributed by atoms with E-state index >= 15 is 0 Å². The molecule has 0 radical (unpaired) electrons. The Bertz CT molecular complexity index is 411. The Morgan fingerprint density at radius 3 is 2.06 bits per heavy atom. The molecule has 0 bridgehead atoms. The van der Waals surface area contributed by atoms with Crippen molar-refractivity contribution < 1.29 is 9.47 Å². The average Bonchev–Trinajstić information content (AvgIpc) is 2.43. The van der Waals surface area contributed by atoms with Crippen molar-refractivity contribution in [3.8, 4) is 0 Å². The van der Waals surface area contributed by atoms with Crippen LogP contribution in [0.1, 0.15) is 11.3 Å². The SMILES string of the molecule is COC(OC)(c1ccccc1)c1ccccn1. The summed E-state index contributed by atoms with van der Waals surface area (Å²) in [6.45, 7) is 0. The minimum Gasteiger partial charge on any atom is -0.344 e. The molecule has 1 heterocycles. The maximum Gasteiger partial charge on any atom is 0.239 e. The number of hydrogen-bond acceptors (Lipinski definition) is 3. The van der Waals surface area contributed by atoms with Crippen LogP contribution in [-0.4, -0.2) is 19.2 Å². The van der Waals surface area contributed by atoms with Crippen molar-refractivity contribution in [2.75, 3.05) is 14.2 Å². The van der Waals surface area contributed by atoms with Crippen LogP contribution >= 0.6 is 0 Å². The summed E-state index contributed by atoms with van der Waals surface area (Å²) >= 11 is 0. The third kappa shape index (κ3) is 2.07. The van der Waals surface area contributed by atoms with Gasteiger partial charge in [0.1, 0.15) is 5.69 Å². The highest BCUT2D eigenvalue weighted by molar-refractivity contribution is 5.29. The van der Waals surface area contributed by atoms with Crippen molar-refractivity contribution in [2.45, 2.75) is 5.79 Å². The smallest absolute Gasteiger partial charge is 0.239 e. The highest BCUT2D eigenvalue weighted by atomic mass is 16.7. The first-order valence-corrected chi connectivity index (χ1v) is 5.41. The Kier molecular flexibility index (Phi) is 3.52. The van der Waals surface area contributed by atoms with Crippen LogP contribution in [0.4, 0.5) is 0 Å². The van der Waals surface area contributed by atoms with Crippen LogP contribution in [0.15, 0.2) is 54.7 Å².